The van der Waals surface area contributed by atoms with Crippen LogP contribution < -0.4 is 11.1 Å². The molecule has 1 aliphatic carbocycles. The molecule has 3 N–H and O–H groups in total. The summed E-state index contributed by atoms with van der Waals surface area (Å²) in [5, 5.41) is 3.61. The third-order valence-electron chi connectivity index (χ3n) is 4.55. The van der Waals surface area contributed by atoms with E-state index in [1.165, 1.54) is 18.4 Å². The molecule has 0 heterocycles. The highest BCUT2D eigenvalue weighted by molar-refractivity contribution is 6.31. The second kappa shape index (κ2) is 6.25. The smallest absolute Gasteiger partial charge is 0.251 e. The van der Waals surface area contributed by atoms with Gasteiger partial charge < -0.3 is 11.1 Å². The minimum Gasteiger partial charge on any atom is -0.399 e. The zero-order valence-electron chi connectivity index (χ0n) is 13.4. The summed E-state index contributed by atoms with van der Waals surface area (Å²) < 4.78 is 0. The molecule has 0 radical (unpaired) electrons. The summed E-state index contributed by atoms with van der Waals surface area (Å²) in [7, 11) is 0. The maximum atomic E-state index is 12.4. The quantitative estimate of drug-likeness (QED) is 0.820. The number of halogens is 1. The number of carbonyl (C=O) groups excluding carboxylic acids is 1. The molecule has 0 unspecified atom stereocenters. The fourth-order valence-electron chi connectivity index (χ4n) is 2.81. The zero-order valence-corrected chi connectivity index (χ0v) is 14.2. The van der Waals surface area contributed by atoms with Crippen molar-refractivity contribution in [1.82, 2.24) is 5.32 Å². The lowest BCUT2D eigenvalue weighted by Crippen LogP contribution is -2.24. The summed E-state index contributed by atoms with van der Waals surface area (Å²) >= 11 is 6.10. The van der Waals surface area contributed by atoms with E-state index in [0.717, 1.165) is 22.4 Å². The molecule has 0 atom stereocenters. The lowest BCUT2D eigenvalue weighted by Gasteiger charge is -2.15. The van der Waals surface area contributed by atoms with Crippen molar-refractivity contribution in [2.24, 2.45) is 0 Å². The number of benzene rings is 2. The fraction of sp³-hybridized carbons (Fsp3) is 0.316. The molecule has 0 spiro atoms. The topological polar surface area (TPSA) is 55.1 Å². The van der Waals surface area contributed by atoms with Crippen LogP contribution in [0.2, 0.25) is 5.02 Å². The van der Waals surface area contributed by atoms with Gasteiger partial charge in [-0.25, -0.2) is 0 Å². The van der Waals surface area contributed by atoms with E-state index in [1.807, 2.05) is 26.0 Å². The van der Waals surface area contributed by atoms with Gasteiger partial charge in [-0.1, -0.05) is 23.7 Å². The number of hydrogen-bond acceptors (Lipinski definition) is 2. The van der Waals surface area contributed by atoms with Crippen LogP contribution in [-0.2, 0) is 6.54 Å². The number of nitrogens with two attached hydrogens (primary N) is 1. The molecule has 0 aromatic heterocycles. The van der Waals surface area contributed by atoms with Gasteiger partial charge in [0.1, 0.15) is 0 Å². The van der Waals surface area contributed by atoms with Crippen LogP contribution in [0.25, 0.3) is 0 Å². The monoisotopic (exact) mass is 328 g/mol. The zero-order chi connectivity index (χ0) is 16.6. The number of anilines is 1. The van der Waals surface area contributed by atoms with Crippen LogP contribution in [0, 0.1) is 13.8 Å². The Labute approximate surface area is 141 Å². The van der Waals surface area contributed by atoms with Crippen LogP contribution in [0.3, 0.4) is 0 Å². The molecule has 3 nitrogen and oxygen atoms in total. The van der Waals surface area contributed by atoms with Crippen LogP contribution in [0.15, 0.2) is 30.3 Å². The standard InChI is InChI=1S/C19H21ClN2O/c1-11-3-4-14(9-17(11)20)19(23)22-10-16-12(2)18(21)8-7-15(16)13-5-6-13/h3-4,7-9,13H,5-6,10,21H2,1-2H3,(H,22,23). The van der Waals surface area contributed by atoms with E-state index in [2.05, 4.69) is 11.4 Å². The third-order valence-corrected chi connectivity index (χ3v) is 4.96. The Kier molecular flexibility index (Phi) is 4.31. The van der Waals surface area contributed by atoms with Gasteiger partial charge in [-0.2, -0.15) is 0 Å². The van der Waals surface area contributed by atoms with Crippen molar-refractivity contribution in [2.75, 3.05) is 5.73 Å². The Balaban J connectivity index is 1.79. The predicted octanol–water partition coefficient (Wildman–Crippen LogP) is 4.35. The molecule has 0 aliphatic heterocycles. The van der Waals surface area contributed by atoms with Crippen LogP contribution in [0.5, 0.6) is 0 Å². The highest BCUT2D eigenvalue weighted by Gasteiger charge is 2.27. The fourth-order valence-corrected chi connectivity index (χ4v) is 2.99. The second-order valence-electron chi connectivity index (χ2n) is 6.27. The van der Waals surface area contributed by atoms with Crippen molar-refractivity contribution in [3.63, 3.8) is 0 Å². The molecule has 120 valence electrons. The molecular weight excluding hydrogens is 308 g/mol. The molecule has 1 saturated carbocycles. The van der Waals surface area contributed by atoms with Gasteiger partial charge in [-0.05, 0) is 73.1 Å². The van der Waals surface area contributed by atoms with Gasteiger partial charge in [0.25, 0.3) is 5.91 Å². The Hall–Kier alpha value is -2.00. The van der Waals surface area contributed by atoms with Crippen LogP contribution in [-0.4, -0.2) is 5.91 Å². The van der Waals surface area contributed by atoms with Gasteiger partial charge in [0, 0.05) is 22.8 Å². The molecule has 2 aromatic carbocycles. The van der Waals surface area contributed by atoms with Crippen LogP contribution >= 0.6 is 11.6 Å². The summed E-state index contributed by atoms with van der Waals surface area (Å²) in [6.45, 7) is 4.43. The van der Waals surface area contributed by atoms with Crippen LogP contribution in [0.1, 0.15) is 51.4 Å². The Morgan fingerprint density at radius 1 is 1.26 bits per heavy atom. The molecule has 3 rings (SSSR count). The van der Waals surface area contributed by atoms with E-state index in [1.54, 1.807) is 12.1 Å². The highest BCUT2D eigenvalue weighted by atomic mass is 35.5. The first kappa shape index (κ1) is 15.9. The average molecular weight is 329 g/mol. The van der Waals surface area contributed by atoms with E-state index >= 15 is 0 Å². The summed E-state index contributed by atoms with van der Waals surface area (Å²) in [4.78, 5) is 12.4. The number of rotatable bonds is 4. The van der Waals surface area contributed by atoms with Crippen LogP contribution in [0.4, 0.5) is 5.69 Å². The van der Waals surface area contributed by atoms with Crippen molar-refractivity contribution < 1.29 is 4.79 Å². The van der Waals surface area contributed by atoms with Crippen molar-refractivity contribution in [3.05, 3.63) is 63.2 Å². The molecule has 0 bridgehead atoms. The minimum atomic E-state index is -0.115. The van der Waals surface area contributed by atoms with Gasteiger partial charge >= 0.3 is 0 Å². The first-order valence-corrected chi connectivity index (χ1v) is 8.27. The summed E-state index contributed by atoms with van der Waals surface area (Å²) in [6.07, 6.45) is 2.44. The molecule has 2 aromatic rings. The lowest BCUT2D eigenvalue weighted by atomic mass is 9.97. The highest BCUT2D eigenvalue weighted by Crippen LogP contribution is 2.43. The number of nitrogen functional groups attached to an aromatic ring is 1. The second-order valence-corrected chi connectivity index (χ2v) is 6.68. The Morgan fingerprint density at radius 2 is 2.00 bits per heavy atom. The normalized spacial score (nSPS) is 13.9. The van der Waals surface area contributed by atoms with Gasteiger partial charge in [0.15, 0.2) is 0 Å². The summed E-state index contributed by atoms with van der Waals surface area (Å²) in [5.41, 5.74) is 11.9. The summed E-state index contributed by atoms with van der Waals surface area (Å²) in [5.74, 6) is 0.505. The third kappa shape index (κ3) is 3.35. The van der Waals surface area contributed by atoms with Crippen molar-refractivity contribution >= 4 is 23.2 Å². The first-order valence-electron chi connectivity index (χ1n) is 7.89. The Morgan fingerprint density at radius 3 is 2.65 bits per heavy atom. The predicted molar refractivity (Wildman–Crippen MR) is 94.9 cm³/mol. The molecule has 4 heteroatoms. The van der Waals surface area contributed by atoms with E-state index in [4.69, 9.17) is 17.3 Å². The van der Waals surface area contributed by atoms with Gasteiger partial charge in [0.2, 0.25) is 0 Å². The van der Waals surface area contributed by atoms with Crippen molar-refractivity contribution in [2.45, 2.75) is 39.2 Å². The maximum Gasteiger partial charge on any atom is 0.251 e. The molecule has 1 amide bonds. The first-order chi connectivity index (χ1) is 11.0. The molecule has 1 fully saturated rings. The van der Waals surface area contributed by atoms with E-state index in [9.17, 15) is 4.79 Å². The van der Waals surface area contributed by atoms with Gasteiger partial charge in [-0.15, -0.1) is 0 Å². The van der Waals surface area contributed by atoms with Crippen molar-refractivity contribution in [1.29, 1.82) is 0 Å². The van der Waals surface area contributed by atoms with E-state index < -0.39 is 0 Å². The lowest BCUT2D eigenvalue weighted by molar-refractivity contribution is 0.0951. The summed E-state index contributed by atoms with van der Waals surface area (Å²) in [6, 6.07) is 9.43. The Bertz CT molecular complexity index is 766. The number of hydrogen-bond donors (Lipinski definition) is 2. The average Bonchev–Trinajstić information content (AvgIpc) is 3.36. The molecule has 1 aliphatic rings. The number of carbonyl (C=O) groups is 1. The number of amides is 1. The van der Waals surface area contributed by atoms with Gasteiger partial charge in [-0.3, -0.25) is 4.79 Å². The van der Waals surface area contributed by atoms with Gasteiger partial charge in [0.05, 0.1) is 0 Å². The van der Waals surface area contributed by atoms with E-state index in [0.29, 0.717) is 23.0 Å². The van der Waals surface area contributed by atoms with E-state index in [-0.39, 0.29) is 5.91 Å². The largest absolute Gasteiger partial charge is 0.399 e. The minimum absolute atomic E-state index is 0.115. The maximum absolute atomic E-state index is 12.4. The molecule has 23 heavy (non-hydrogen) atoms. The number of aryl methyl sites for hydroxylation is 1. The molecular formula is C19H21ClN2O. The van der Waals surface area contributed by atoms with Crippen molar-refractivity contribution in [3.8, 4) is 0 Å². The molecule has 0 saturated heterocycles. The number of nitrogens with one attached hydrogen (secondary N) is 1. The SMILES string of the molecule is Cc1ccc(C(=O)NCc2c(C3CC3)ccc(N)c2C)cc1Cl.